The van der Waals surface area contributed by atoms with Crippen molar-refractivity contribution in [2.24, 2.45) is 17.3 Å². The molecule has 2 saturated heterocycles. The molecule has 3 aliphatic heterocycles. The van der Waals surface area contributed by atoms with Crippen LogP contribution in [0, 0.1) is 17.3 Å². The number of nitrogens with one attached hydrogen (secondary N) is 1. The van der Waals surface area contributed by atoms with Crippen molar-refractivity contribution in [1.29, 1.82) is 0 Å². The van der Waals surface area contributed by atoms with Crippen LogP contribution in [0.5, 0.6) is 5.75 Å². The fourth-order valence-corrected chi connectivity index (χ4v) is 7.38. The Bertz CT molecular complexity index is 981. The molecule has 6 unspecified atom stereocenters. The van der Waals surface area contributed by atoms with Gasteiger partial charge in [0.15, 0.2) is 0 Å². The number of methoxy groups -OCH3 is 1. The number of piperidine rings is 2. The first-order valence-corrected chi connectivity index (χ1v) is 10.2. The molecule has 1 aromatic heterocycles. The summed E-state index contributed by atoms with van der Waals surface area (Å²) < 4.78 is 5.46. The number of aromatic amines is 1. The molecule has 2 aliphatic carbocycles. The van der Waals surface area contributed by atoms with Crippen LogP contribution in [-0.2, 0) is 16.6 Å². The van der Waals surface area contributed by atoms with Crippen LogP contribution in [0.2, 0.25) is 0 Å². The van der Waals surface area contributed by atoms with Crippen LogP contribution in [0.1, 0.15) is 37.4 Å². The molecule has 7 rings (SSSR count). The number of carboxylic acid groups (broad SMARTS) is 1. The highest BCUT2D eigenvalue weighted by atomic mass is 16.5. The van der Waals surface area contributed by atoms with E-state index in [1.165, 1.54) is 16.6 Å². The second-order valence-corrected chi connectivity index (χ2v) is 9.11. The lowest BCUT2D eigenvalue weighted by Crippen LogP contribution is -2.64. The van der Waals surface area contributed by atoms with Gasteiger partial charge in [-0.2, -0.15) is 0 Å². The second-order valence-electron chi connectivity index (χ2n) is 9.11. The van der Waals surface area contributed by atoms with Crippen molar-refractivity contribution < 1.29 is 14.6 Å². The Morgan fingerprint density at radius 2 is 2.30 bits per heavy atom. The van der Waals surface area contributed by atoms with E-state index in [-0.39, 0.29) is 11.3 Å². The Labute approximate surface area is 158 Å². The summed E-state index contributed by atoms with van der Waals surface area (Å²) >= 11 is 0. The second kappa shape index (κ2) is 4.88. The van der Waals surface area contributed by atoms with Crippen LogP contribution in [0.3, 0.4) is 0 Å². The van der Waals surface area contributed by atoms with Gasteiger partial charge in [-0.05, 0) is 54.9 Å². The Morgan fingerprint density at radius 1 is 1.44 bits per heavy atom. The van der Waals surface area contributed by atoms with Crippen molar-refractivity contribution in [2.75, 3.05) is 20.2 Å². The summed E-state index contributed by atoms with van der Waals surface area (Å²) in [5, 5.41) is 11.6. The maximum Gasteiger partial charge on any atom is 0.311 e. The van der Waals surface area contributed by atoms with E-state index in [4.69, 9.17) is 4.74 Å². The van der Waals surface area contributed by atoms with Crippen molar-refractivity contribution in [1.82, 2.24) is 9.88 Å². The van der Waals surface area contributed by atoms with Gasteiger partial charge >= 0.3 is 5.97 Å². The summed E-state index contributed by atoms with van der Waals surface area (Å²) in [5.41, 5.74) is 2.87. The first kappa shape index (κ1) is 16.0. The fourth-order valence-electron chi connectivity index (χ4n) is 7.38. The Kier molecular flexibility index (Phi) is 2.89. The molecular formula is C22H26N2O3. The van der Waals surface area contributed by atoms with E-state index < -0.39 is 11.4 Å². The van der Waals surface area contributed by atoms with Gasteiger partial charge in [0.1, 0.15) is 5.75 Å². The third kappa shape index (κ3) is 1.61. The molecule has 2 aromatic rings. The van der Waals surface area contributed by atoms with Crippen LogP contribution in [0.4, 0.5) is 0 Å². The van der Waals surface area contributed by atoms with Crippen LogP contribution in [-0.4, -0.2) is 47.2 Å². The quantitative estimate of drug-likeness (QED) is 0.876. The Balaban J connectivity index is 1.63. The topological polar surface area (TPSA) is 65.6 Å². The molecular weight excluding hydrogens is 340 g/mol. The number of nitrogens with zero attached hydrogens (tertiary/aromatic N) is 1. The molecule has 1 spiro atoms. The summed E-state index contributed by atoms with van der Waals surface area (Å²) in [7, 11) is 1.70. The van der Waals surface area contributed by atoms with E-state index in [1.54, 1.807) is 7.11 Å². The Hall–Kier alpha value is -2.01. The van der Waals surface area contributed by atoms with E-state index in [0.717, 1.165) is 50.0 Å². The normalized spacial score (nSPS) is 41.0. The largest absolute Gasteiger partial charge is 0.497 e. The minimum atomic E-state index is -0.573. The van der Waals surface area contributed by atoms with Gasteiger partial charge in [-0.15, -0.1) is 0 Å². The van der Waals surface area contributed by atoms with Crippen LogP contribution in [0.25, 0.3) is 10.9 Å². The summed E-state index contributed by atoms with van der Waals surface area (Å²) in [6.45, 7) is 4.27. The number of carbonyl (C=O) groups is 1. The van der Waals surface area contributed by atoms with Gasteiger partial charge in [-0.3, -0.25) is 9.69 Å². The molecule has 6 atom stereocenters. The zero-order valence-corrected chi connectivity index (χ0v) is 15.9. The van der Waals surface area contributed by atoms with E-state index >= 15 is 0 Å². The monoisotopic (exact) mass is 366 g/mol. The number of fused-ring (bicyclic) bond motifs is 4. The lowest BCUT2D eigenvalue weighted by molar-refractivity contribution is -0.156. The van der Waals surface area contributed by atoms with Crippen LogP contribution < -0.4 is 4.74 Å². The zero-order chi connectivity index (χ0) is 18.6. The van der Waals surface area contributed by atoms with Gasteiger partial charge < -0.3 is 14.8 Å². The highest BCUT2D eigenvalue weighted by Crippen LogP contribution is 2.78. The lowest BCUT2D eigenvalue weighted by atomic mass is 9.59. The standard InChI is InChI=1S/C22H26N2O3/c1-3-12-8-13-10-24-7-6-15-16-9-14(27-2)4-5-17(16)23-18(15)22(19(12)24)11-21(13,22)20(25)26/h4-5,9,12-13,19,23H,3,6-8,10-11H2,1-2H3,(H,25,26). The van der Waals surface area contributed by atoms with Gasteiger partial charge in [0.2, 0.25) is 0 Å². The molecule has 27 heavy (non-hydrogen) atoms. The molecule has 5 nitrogen and oxygen atoms in total. The zero-order valence-electron chi connectivity index (χ0n) is 15.9. The average molecular weight is 366 g/mol. The molecule has 0 radical (unpaired) electrons. The minimum absolute atomic E-state index is 0.237. The average Bonchev–Trinajstić information content (AvgIpc) is 3.34. The number of hydrogen-bond donors (Lipinski definition) is 2. The highest BCUT2D eigenvalue weighted by molar-refractivity contribution is 5.90. The summed E-state index contributed by atoms with van der Waals surface area (Å²) in [5.74, 6) is 1.17. The molecule has 142 valence electrons. The van der Waals surface area contributed by atoms with Gasteiger partial charge in [0.05, 0.1) is 12.5 Å². The number of carboxylic acids is 1. The van der Waals surface area contributed by atoms with Gasteiger partial charge in [-0.1, -0.05) is 13.3 Å². The highest BCUT2D eigenvalue weighted by Gasteiger charge is 2.85. The molecule has 5 aliphatic rings. The van der Waals surface area contributed by atoms with E-state index in [0.29, 0.717) is 12.0 Å². The van der Waals surface area contributed by atoms with E-state index in [1.807, 2.05) is 6.07 Å². The number of aliphatic carboxylic acids is 1. The molecule has 4 heterocycles. The van der Waals surface area contributed by atoms with Crippen LogP contribution >= 0.6 is 0 Å². The van der Waals surface area contributed by atoms with Gasteiger partial charge in [-0.25, -0.2) is 0 Å². The number of aromatic nitrogens is 1. The van der Waals surface area contributed by atoms with Crippen molar-refractivity contribution >= 4 is 16.9 Å². The number of rotatable bonds is 3. The molecule has 1 aromatic carbocycles. The molecule has 4 fully saturated rings. The SMILES string of the molecule is CCC1CC2CN3CCc4c([nH]c5ccc(OC)cc45)C4(CC24C(=O)O)C13. The van der Waals surface area contributed by atoms with Crippen molar-refractivity contribution in [3.63, 3.8) is 0 Å². The third-order valence-electron chi connectivity index (χ3n) is 8.43. The minimum Gasteiger partial charge on any atom is -0.497 e. The molecule has 2 N–H and O–H groups in total. The fraction of sp³-hybridized carbons (Fsp3) is 0.591. The van der Waals surface area contributed by atoms with Crippen molar-refractivity contribution in [2.45, 2.75) is 44.1 Å². The van der Waals surface area contributed by atoms with Gasteiger partial charge in [0, 0.05) is 41.1 Å². The Morgan fingerprint density at radius 3 is 3.04 bits per heavy atom. The molecule has 5 heteroatoms. The first-order valence-electron chi connectivity index (χ1n) is 10.2. The van der Waals surface area contributed by atoms with E-state index in [9.17, 15) is 9.90 Å². The number of H-pyrrole nitrogens is 1. The van der Waals surface area contributed by atoms with Crippen molar-refractivity contribution in [3.05, 3.63) is 29.5 Å². The third-order valence-corrected chi connectivity index (χ3v) is 8.43. The van der Waals surface area contributed by atoms with Gasteiger partial charge in [0.25, 0.3) is 0 Å². The molecule has 0 amide bonds. The molecule has 4 bridgehead atoms. The maximum absolute atomic E-state index is 12.6. The first-order chi connectivity index (χ1) is 13.1. The van der Waals surface area contributed by atoms with E-state index in [2.05, 4.69) is 28.9 Å². The molecule has 2 saturated carbocycles. The number of benzene rings is 1. The number of ether oxygens (including phenoxy) is 1. The number of hydrogen-bond acceptors (Lipinski definition) is 3. The van der Waals surface area contributed by atoms with Crippen molar-refractivity contribution in [3.8, 4) is 5.75 Å². The smallest absolute Gasteiger partial charge is 0.311 e. The summed E-state index contributed by atoms with van der Waals surface area (Å²) in [4.78, 5) is 18.9. The lowest BCUT2D eigenvalue weighted by Gasteiger charge is -2.55. The predicted molar refractivity (Wildman–Crippen MR) is 102 cm³/mol. The summed E-state index contributed by atoms with van der Waals surface area (Å²) in [6, 6.07) is 6.55. The predicted octanol–water partition coefficient (Wildman–Crippen LogP) is 3.18. The maximum atomic E-state index is 12.6. The van der Waals surface area contributed by atoms with Crippen LogP contribution in [0.15, 0.2) is 18.2 Å². The summed E-state index contributed by atoms with van der Waals surface area (Å²) in [6.07, 6.45) is 4.00.